The lowest BCUT2D eigenvalue weighted by Crippen LogP contribution is -1.99. The molecule has 0 aliphatic carbocycles. The lowest BCUT2D eigenvalue weighted by atomic mass is 10.3. The van der Waals surface area contributed by atoms with Crippen LogP contribution in [0, 0.1) is 0 Å². The predicted octanol–water partition coefficient (Wildman–Crippen LogP) is 2.91. The number of nitrogens with zero attached hydrogens (tertiary/aromatic N) is 3. The van der Waals surface area contributed by atoms with Gasteiger partial charge in [-0.15, -0.1) is 36.2 Å². The normalized spacial score (nSPS) is 9.65. The Kier molecular flexibility index (Phi) is 4.34. The summed E-state index contributed by atoms with van der Waals surface area (Å²) in [5, 5.41) is 2.77. The van der Waals surface area contributed by atoms with Crippen LogP contribution in [0.3, 0.4) is 0 Å². The van der Waals surface area contributed by atoms with Crippen molar-refractivity contribution in [2.75, 3.05) is 5.73 Å². The van der Waals surface area contributed by atoms with Crippen molar-refractivity contribution < 1.29 is 0 Å². The van der Waals surface area contributed by atoms with Crippen molar-refractivity contribution in [2.45, 2.75) is 0 Å². The molecule has 0 unspecified atom stereocenters. The molecule has 0 saturated carbocycles. The molecule has 0 aliphatic rings. The quantitative estimate of drug-likeness (QED) is 0.749. The molecule has 90 valence electrons. The first-order valence-electron chi connectivity index (χ1n) is 4.49. The Balaban J connectivity index is 0.000000722. The molecule has 0 amide bonds. The fourth-order valence-corrected chi connectivity index (χ4v) is 2.23. The van der Waals surface area contributed by atoms with E-state index in [-0.39, 0.29) is 24.8 Å². The maximum atomic E-state index is 5.86. The van der Waals surface area contributed by atoms with Gasteiger partial charge in [0.2, 0.25) is 5.95 Å². The standard InChI is InChI=1S/C10H8N4S.2ClH/c11-9-13-7-3-1-2-4-8(7)14(9)10-12-5-6-15-10;;/h1-6H,(H2,11,13);2*1H. The first-order chi connectivity index (χ1) is 7.36. The van der Waals surface area contributed by atoms with Crippen LogP contribution in [-0.2, 0) is 0 Å². The first-order valence-corrected chi connectivity index (χ1v) is 5.37. The number of aromatic nitrogens is 3. The summed E-state index contributed by atoms with van der Waals surface area (Å²) in [6, 6.07) is 7.84. The first kappa shape index (κ1) is 13.8. The highest BCUT2D eigenvalue weighted by Gasteiger charge is 2.10. The smallest absolute Gasteiger partial charge is 0.207 e. The second-order valence-electron chi connectivity index (χ2n) is 3.11. The number of fused-ring (bicyclic) bond motifs is 1. The minimum absolute atomic E-state index is 0. The summed E-state index contributed by atoms with van der Waals surface area (Å²) in [6.07, 6.45) is 1.76. The van der Waals surface area contributed by atoms with Gasteiger partial charge in [-0.05, 0) is 12.1 Å². The van der Waals surface area contributed by atoms with E-state index in [2.05, 4.69) is 9.97 Å². The van der Waals surface area contributed by atoms with Crippen LogP contribution in [0.25, 0.3) is 16.2 Å². The van der Waals surface area contributed by atoms with Gasteiger partial charge in [0.25, 0.3) is 0 Å². The lowest BCUT2D eigenvalue weighted by Gasteiger charge is -1.99. The zero-order valence-electron chi connectivity index (χ0n) is 8.61. The molecular formula is C10H10Cl2N4S. The third kappa shape index (κ3) is 2.22. The molecule has 0 aliphatic heterocycles. The van der Waals surface area contributed by atoms with Crippen LogP contribution in [0.4, 0.5) is 5.95 Å². The number of imidazole rings is 1. The van der Waals surface area contributed by atoms with Crippen molar-refractivity contribution in [3.8, 4) is 5.13 Å². The van der Waals surface area contributed by atoms with Gasteiger partial charge in [0, 0.05) is 11.6 Å². The van der Waals surface area contributed by atoms with E-state index >= 15 is 0 Å². The monoisotopic (exact) mass is 288 g/mol. The molecule has 17 heavy (non-hydrogen) atoms. The van der Waals surface area contributed by atoms with E-state index in [1.165, 1.54) is 0 Å². The summed E-state index contributed by atoms with van der Waals surface area (Å²) in [5.41, 5.74) is 7.75. The molecule has 0 spiro atoms. The highest BCUT2D eigenvalue weighted by atomic mass is 35.5. The summed E-state index contributed by atoms with van der Waals surface area (Å²) in [5.74, 6) is 0.478. The third-order valence-corrected chi connectivity index (χ3v) is 2.95. The van der Waals surface area contributed by atoms with Gasteiger partial charge in [0.15, 0.2) is 5.13 Å². The number of hydrogen-bond acceptors (Lipinski definition) is 4. The maximum absolute atomic E-state index is 5.86. The van der Waals surface area contributed by atoms with Crippen molar-refractivity contribution in [3.63, 3.8) is 0 Å². The second-order valence-corrected chi connectivity index (χ2v) is 3.98. The van der Waals surface area contributed by atoms with Crippen molar-refractivity contribution in [1.29, 1.82) is 0 Å². The zero-order chi connectivity index (χ0) is 10.3. The minimum Gasteiger partial charge on any atom is -0.369 e. The van der Waals surface area contributed by atoms with Gasteiger partial charge in [-0.25, -0.2) is 9.97 Å². The highest BCUT2D eigenvalue weighted by Crippen LogP contribution is 2.23. The van der Waals surface area contributed by atoms with Crippen LogP contribution in [0.15, 0.2) is 35.8 Å². The van der Waals surface area contributed by atoms with Crippen LogP contribution in [0.1, 0.15) is 0 Å². The molecule has 2 aromatic heterocycles. The van der Waals surface area contributed by atoms with Crippen molar-refractivity contribution in [3.05, 3.63) is 35.8 Å². The van der Waals surface area contributed by atoms with Gasteiger partial charge < -0.3 is 5.73 Å². The third-order valence-electron chi connectivity index (χ3n) is 2.20. The number of anilines is 1. The van der Waals surface area contributed by atoms with E-state index < -0.39 is 0 Å². The van der Waals surface area contributed by atoms with Gasteiger partial charge in [0.1, 0.15) is 0 Å². The Hall–Kier alpha value is -1.30. The molecule has 2 heterocycles. The Morgan fingerprint density at radius 1 is 1.18 bits per heavy atom. The molecule has 2 N–H and O–H groups in total. The number of hydrogen-bond donors (Lipinski definition) is 1. The van der Waals surface area contributed by atoms with Crippen LogP contribution >= 0.6 is 36.2 Å². The van der Waals surface area contributed by atoms with Crippen LogP contribution in [0.5, 0.6) is 0 Å². The van der Waals surface area contributed by atoms with Gasteiger partial charge >= 0.3 is 0 Å². The largest absolute Gasteiger partial charge is 0.369 e. The van der Waals surface area contributed by atoms with Crippen LogP contribution in [0.2, 0.25) is 0 Å². The highest BCUT2D eigenvalue weighted by molar-refractivity contribution is 7.12. The number of thiazole rings is 1. The Bertz CT molecular complexity index is 606. The fourth-order valence-electron chi connectivity index (χ4n) is 1.57. The van der Waals surface area contributed by atoms with Gasteiger partial charge in [-0.2, -0.15) is 0 Å². The van der Waals surface area contributed by atoms with Crippen LogP contribution in [-0.4, -0.2) is 14.5 Å². The Morgan fingerprint density at radius 2 is 1.94 bits per heavy atom. The fraction of sp³-hybridized carbons (Fsp3) is 0. The molecule has 0 bridgehead atoms. The topological polar surface area (TPSA) is 56.7 Å². The van der Waals surface area contributed by atoms with E-state index in [4.69, 9.17) is 5.73 Å². The Labute approximate surface area is 114 Å². The SMILES string of the molecule is Cl.Cl.Nc1nc2ccccc2n1-c1nccs1. The van der Waals surface area contributed by atoms with E-state index in [1.807, 2.05) is 34.2 Å². The maximum Gasteiger partial charge on any atom is 0.207 e. The second kappa shape index (κ2) is 5.35. The molecular weight excluding hydrogens is 279 g/mol. The van der Waals surface area contributed by atoms with E-state index in [0.717, 1.165) is 16.2 Å². The molecule has 0 saturated heterocycles. The van der Waals surface area contributed by atoms with E-state index in [0.29, 0.717) is 5.95 Å². The molecule has 0 atom stereocenters. The van der Waals surface area contributed by atoms with Crippen molar-refractivity contribution in [1.82, 2.24) is 14.5 Å². The molecule has 3 rings (SSSR count). The summed E-state index contributed by atoms with van der Waals surface area (Å²) < 4.78 is 1.86. The molecule has 4 nitrogen and oxygen atoms in total. The molecule has 0 radical (unpaired) electrons. The Morgan fingerprint density at radius 3 is 2.65 bits per heavy atom. The van der Waals surface area contributed by atoms with E-state index in [9.17, 15) is 0 Å². The zero-order valence-corrected chi connectivity index (χ0v) is 11.1. The van der Waals surface area contributed by atoms with Gasteiger partial charge in [-0.3, -0.25) is 4.57 Å². The number of para-hydroxylation sites is 2. The van der Waals surface area contributed by atoms with Crippen LogP contribution < -0.4 is 5.73 Å². The average Bonchev–Trinajstić information content (AvgIpc) is 2.82. The number of benzene rings is 1. The minimum atomic E-state index is 0. The van der Waals surface area contributed by atoms with Gasteiger partial charge in [0.05, 0.1) is 11.0 Å². The number of nitrogens with two attached hydrogens (primary N) is 1. The lowest BCUT2D eigenvalue weighted by molar-refractivity contribution is 1.08. The summed E-state index contributed by atoms with van der Waals surface area (Å²) in [7, 11) is 0. The summed E-state index contributed by atoms with van der Waals surface area (Å²) in [4.78, 5) is 8.51. The number of halogens is 2. The number of rotatable bonds is 1. The molecule has 0 fully saturated rings. The van der Waals surface area contributed by atoms with E-state index in [1.54, 1.807) is 17.5 Å². The summed E-state index contributed by atoms with van der Waals surface area (Å²) >= 11 is 1.54. The predicted molar refractivity (Wildman–Crippen MR) is 75.7 cm³/mol. The summed E-state index contributed by atoms with van der Waals surface area (Å²) in [6.45, 7) is 0. The molecule has 7 heteroatoms. The van der Waals surface area contributed by atoms with Crippen molar-refractivity contribution >= 4 is 53.1 Å². The molecule has 1 aromatic carbocycles. The van der Waals surface area contributed by atoms with Gasteiger partial charge in [-0.1, -0.05) is 12.1 Å². The number of nitrogen functional groups attached to an aromatic ring is 1. The molecule has 3 aromatic rings. The average molecular weight is 289 g/mol. The van der Waals surface area contributed by atoms with Crippen molar-refractivity contribution in [2.24, 2.45) is 0 Å².